The van der Waals surface area contributed by atoms with Crippen molar-refractivity contribution in [3.05, 3.63) is 70.9 Å². The topological polar surface area (TPSA) is 226 Å². The van der Waals surface area contributed by atoms with Crippen LogP contribution in [-0.2, 0) is 61.0 Å². The second kappa shape index (κ2) is 16.5. The van der Waals surface area contributed by atoms with Crippen molar-refractivity contribution < 1.29 is 60.8 Å². The maximum atomic E-state index is 15.3. The molecule has 6 heterocycles. The Bertz CT molecular complexity index is 2500. The van der Waals surface area contributed by atoms with Gasteiger partial charge in [-0.2, -0.15) is 8.42 Å². The number of aliphatic hydroxyl groups is 1. The average Bonchev–Trinajstić information content (AvgIpc) is 3.95. The smallest absolute Gasteiger partial charge is 0.394 e. The highest BCUT2D eigenvalue weighted by Crippen LogP contribution is 2.68. The zero-order valence-electron chi connectivity index (χ0n) is 37.0. The Balaban J connectivity index is 0.00000106. The number of rotatable bonds is 8. The second-order valence-corrected chi connectivity index (χ2v) is 19.2. The van der Waals surface area contributed by atoms with Gasteiger partial charge in [-0.3, -0.25) is 28.4 Å². The van der Waals surface area contributed by atoms with Crippen LogP contribution in [0.1, 0.15) is 75.3 Å². The van der Waals surface area contributed by atoms with Crippen molar-refractivity contribution in [3.63, 3.8) is 0 Å². The van der Waals surface area contributed by atoms with Gasteiger partial charge in [0.15, 0.2) is 6.10 Å². The summed E-state index contributed by atoms with van der Waals surface area (Å²) in [5.74, 6) is -1.12. The molecule has 1 aromatic heterocycles. The van der Waals surface area contributed by atoms with Crippen LogP contribution in [0.5, 0.6) is 5.75 Å². The van der Waals surface area contributed by atoms with E-state index in [0.29, 0.717) is 73.7 Å². The molecule has 10 atom stereocenters. The molecule has 6 aliphatic rings. The van der Waals surface area contributed by atoms with Gasteiger partial charge >= 0.3 is 28.3 Å². The molecule has 1 amide bonds. The number of H-pyrrole nitrogens is 1. The highest BCUT2D eigenvalue weighted by atomic mass is 32.3. The maximum absolute atomic E-state index is 15.3. The first-order valence-electron chi connectivity index (χ1n) is 21.9. The highest BCUT2D eigenvalue weighted by Gasteiger charge is 2.81. The minimum atomic E-state index is -4.67. The first-order chi connectivity index (χ1) is 30.4. The van der Waals surface area contributed by atoms with Crippen molar-refractivity contribution in [2.24, 2.45) is 17.3 Å². The molecule has 1 aliphatic carbocycles. The lowest BCUT2D eigenvalue weighted by atomic mass is 9.47. The Hall–Kier alpha value is -4.85. The van der Waals surface area contributed by atoms with Crippen LogP contribution in [0.3, 0.4) is 0 Å². The van der Waals surface area contributed by atoms with Gasteiger partial charge in [0, 0.05) is 78.2 Å². The lowest BCUT2D eigenvalue weighted by Crippen LogP contribution is -2.81. The molecule has 1 unspecified atom stereocenters. The fourth-order valence-electron chi connectivity index (χ4n) is 13.3. The molecule has 346 valence electrons. The van der Waals surface area contributed by atoms with Gasteiger partial charge in [0.2, 0.25) is 12.0 Å². The zero-order chi connectivity index (χ0) is 46.1. The number of aromatic amines is 1. The molecule has 2 bridgehead atoms. The van der Waals surface area contributed by atoms with Crippen LogP contribution in [-0.4, -0.2) is 140 Å². The summed E-state index contributed by atoms with van der Waals surface area (Å²) >= 11 is 0. The number of aromatic nitrogens is 1. The Morgan fingerprint density at radius 2 is 1.70 bits per heavy atom. The molecule has 4 N–H and O–H groups in total. The van der Waals surface area contributed by atoms with E-state index in [1.54, 1.807) is 13.2 Å². The number of benzene rings is 2. The van der Waals surface area contributed by atoms with E-state index in [1.165, 1.54) is 26.0 Å². The van der Waals surface area contributed by atoms with E-state index in [4.69, 9.17) is 36.5 Å². The molecule has 1 spiro atoms. The molecule has 3 aromatic rings. The molecule has 2 aromatic carbocycles. The molecule has 1 saturated carbocycles. The summed E-state index contributed by atoms with van der Waals surface area (Å²) in [6.07, 6.45) is 7.25. The van der Waals surface area contributed by atoms with E-state index in [0.717, 1.165) is 54.6 Å². The summed E-state index contributed by atoms with van der Waals surface area (Å²) in [5, 5.41) is 14.3. The number of nitrogens with one attached hydrogen (secondary N) is 1. The van der Waals surface area contributed by atoms with Gasteiger partial charge < -0.3 is 38.8 Å². The number of nitrogens with zero attached hydrogens (tertiary/aromatic N) is 3. The number of amides is 1. The average molecular weight is 907 g/mol. The number of piperidine rings is 1. The predicted molar refractivity (Wildman–Crippen MR) is 233 cm³/mol. The largest absolute Gasteiger partial charge is 0.496 e. The highest BCUT2D eigenvalue weighted by molar-refractivity contribution is 7.79. The molecule has 5 aliphatic heterocycles. The number of ether oxygens (including phenoxy) is 4. The van der Waals surface area contributed by atoms with E-state index in [2.05, 4.69) is 27.8 Å². The van der Waals surface area contributed by atoms with Crippen LogP contribution in [0.4, 0.5) is 5.69 Å². The summed E-state index contributed by atoms with van der Waals surface area (Å²) in [5.41, 5.74) is -1.54. The van der Waals surface area contributed by atoms with E-state index < -0.39 is 68.3 Å². The van der Waals surface area contributed by atoms with E-state index in [1.807, 2.05) is 43.3 Å². The molecular weight excluding hydrogens is 849 g/mol. The molecule has 64 heavy (non-hydrogen) atoms. The van der Waals surface area contributed by atoms with Crippen LogP contribution in [0.15, 0.2) is 48.6 Å². The predicted octanol–water partition coefficient (Wildman–Crippen LogP) is 3.75. The van der Waals surface area contributed by atoms with Crippen LogP contribution < -0.4 is 9.64 Å². The standard InChI is InChI=1S/C46H56N4O9.H2O4S/c1-7-28-20-29-23-45(41(53)57-5,37-31(14-18-48(24-28)25-29)30-12-9-10-13-34(30)47-37)33-21-32-35(22-36(33)56-4)50(26-51)39-44(32)16-19-49-17-11-15-43(8-2,38(44)49)40(59-27(3)52)46(39,55)42(54)58-6;1-5(2,3)4/h9-13,15,21-22,26,28-29,38-40,47,55H,7-8,14,16-20,23-25H2,1-6H3;(H2,1,2,3,4)/t28-,29-,38-,39+,40+,43+,44+,45-,46-;/m0./s1. The van der Waals surface area contributed by atoms with Gasteiger partial charge in [0.05, 0.1) is 33.1 Å². The van der Waals surface area contributed by atoms with Crippen LogP contribution >= 0.6 is 0 Å². The van der Waals surface area contributed by atoms with E-state index in [9.17, 15) is 19.5 Å². The number of carbonyl (C=O) groups excluding carboxylic acids is 4. The number of para-hydroxylation sites is 1. The minimum Gasteiger partial charge on any atom is -0.496 e. The number of methoxy groups -OCH3 is 3. The molecule has 0 radical (unpaired) electrons. The summed E-state index contributed by atoms with van der Waals surface area (Å²) in [7, 11) is -0.472. The molecule has 2 saturated heterocycles. The zero-order valence-corrected chi connectivity index (χ0v) is 37.9. The quantitative estimate of drug-likeness (QED) is 0.0831. The van der Waals surface area contributed by atoms with Crippen molar-refractivity contribution in [1.82, 2.24) is 14.8 Å². The van der Waals surface area contributed by atoms with Crippen molar-refractivity contribution in [2.75, 3.05) is 59.0 Å². The van der Waals surface area contributed by atoms with Crippen LogP contribution in [0.2, 0.25) is 0 Å². The van der Waals surface area contributed by atoms with E-state index >= 15 is 4.79 Å². The lowest BCUT2D eigenvalue weighted by molar-refractivity contribution is -0.228. The van der Waals surface area contributed by atoms with Gasteiger partial charge in [-0.05, 0) is 73.7 Å². The fourth-order valence-corrected chi connectivity index (χ4v) is 13.3. The monoisotopic (exact) mass is 906 g/mol. The number of fused-ring (bicyclic) bond motifs is 6. The normalized spacial score (nSPS) is 33.7. The van der Waals surface area contributed by atoms with Crippen molar-refractivity contribution in [1.29, 1.82) is 0 Å². The third kappa shape index (κ3) is 6.69. The van der Waals surface area contributed by atoms with Gasteiger partial charge in [0.25, 0.3) is 0 Å². The third-order valence-corrected chi connectivity index (χ3v) is 15.4. The summed E-state index contributed by atoms with van der Waals surface area (Å²) in [4.78, 5) is 66.5. The van der Waals surface area contributed by atoms with E-state index in [-0.39, 0.29) is 5.92 Å². The molecule has 9 rings (SSSR count). The SMILES string of the molecule is CC[C@H]1C[C@@H]2CN(CCc3c([nH]c4ccccc34)[C@@](C(=O)OC)(c3cc4c(cc3OC)N(C=O)[C@H]3[C@@](O)(C(=O)OC)[C@H](OC(C)=O)[C@]5(CC)C=CCN6CC[C@]43[C@@H]65)C2)C1.O=S(=O)(O)O. The number of hydrogen-bond acceptors (Lipinski definition) is 13. The van der Waals surface area contributed by atoms with Crippen LogP contribution in [0, 0.1) is 17.3 Å². The minimum absolute atomic E-state index is 0.127. The Morgan fingerprint density at radius 1 is 0.984 bits per heavy atom. The summed E-state index contributed by atoms with van der Waals surface area (Å²) < 4.78 is 55.4. The maximum Gasteiger partial charge on any atom is 0.394 e. The fraction of sp³-hybridized carbons (Fsp3) is 0.565. The van der Waals surface area contributed by atoms with Crippen molar-refractivity contribution >= 4 is 51.3 Å². The van der Waals surface area contributed by atoms with Gasteiger partial charge in [-0.15, -0.1) is 0 Å². The van der Waals surface area contributed by atoms with Crippen molar-refractivity contribution in [2.45, 2.75) is 93.9 Å². The second-order valence-electron chi connectivity index (χ2n) is 18.3. The van der Waals surface area contributed by atoms with Gasteiger partial charge in [0.1, 0.15) is 11.2 Å². The lowest BCUT2D eigenvalue weighted by Gasteiger charge is -2.63. The first-order valence-corrected chi connectivity index (χ1v) is 23.3. The Morgan fingerprint density at radius 3 is 2.34 bits per heavy atom. The van der Waals surface area contributed by atoms with Gasteiger partial charge in [-0.25, -0.2) is 4.79 Å². The first kappa shape index (κ1) is 45.7. The molecule has 17 nitrogen and oxygen atoms in total. The summed E-state index contributed by atoms with van der Waals surface area (Å²) in [6, 6.07) is 10.3. The Kier molecular flexibility index (Phi) is 11.8. The van der Waals surface area contributed by atoms with Crippen LogP contribution in [0.25, 0.3) is 10.9 Å². The molecule has 18 heteroatoms. The Labute approximate surface area is 372 Å². The number of anilines is 1. The molecular formula is C46H58N4O13S. The van der Waals surface area contributed by atoms with Crippen molar-refractivity contribution in [3.8, 4) is 5.75 Å². The summed E-state index contributed by atoms with van der Waals surface area (Å²) in [6.45, 7) is 9.32. The number of esters is 3. The number of carbonyl (C=O) groups is 4. The number of hydrogen-bond donors (Lipinski definition) is 4. The van der Waals surface area contributed by atoms with Gasteiger partial charge in [-0.1, -0.05) is 50.6 Å². The third-order valence-electron chi connectivity index (χ3n) is 15.4. The molecule has 3 fully saturated rings.